The molecule has 0 radical (unpaired) electrons. The number of anilines is 3. The van der Waals surface area contributed by atoms with E-state index in [0.717, 1.165) is 50.8 Å². The van der Waals surface area contributed by atoms with Crippen molar-refractivity contribution in [2.24, 2.45) is 0 Å². The van der Waals surface area contributed by atoms with Gasteiger partial charge >= 0.3 is 0 Å². The number of rotatable bonds is 7. The third-order valence-electron chi connectivity index (χ3n) is 10.6. The molecule has 0 bridgehead atoms. The van der Waals surface area contributed by atoms with Crippen molar-refractivity contribution in [3.05, 3.63) is 224 Å². The van der Waals surface area contributed by atoms with Gasteiger partial charge in [-0.1, -0.05) is 146 Å². The smallest absolute Gasteiger partial charge is 0.151 e. The molecule has 0 saturated carbocycles. The Morgan fingerprint density at radius 2 is 0.482 bits per heavy atom. The van der Waals surface area contributed by atoms with E-state index in [2.05, 4.69) is 205 Å². The molecule has 0 spiro atoms. The first-order valence-corrected chi connectivity index (χ1v) is 19.1. The fraction of sp³-hybridized carbons (Fsp3) is 0. The SMILES string of the molecule is c1ccc(-c2cc(-c3ccccc3)cc(-c3cc(-c4cc(-c5ccccc5)cc(-c5ccccc5)c4)cc(N4c5ccccc5Oc5ccccc54)c3)c2)cc1. The highest BCUT2D eigenvalue weighted by atomic mass is 16.5. The van der Waals surface area contributed by atoms with Crippen molar-refractivity contribution in [3.63, 3.8) is 0 Å². The molecule has 0 N–H and O–H groups in total. The van der Waals surface area contributed by atoms with Gasteiger partial charge in [0, 0.05) is 5.69 Å². The lowest BCUT2D eigenvalue weighted by atomic mass is 9.89. The minimum atomic E-state index is 0.827. The van der Waals surface area contributed by atoms with Gasteiger partial charge in [0.2, 0.25) is 0 Å². The molecule has 0 aromatic heterocycles. The van der Waals surface area contributed by atoms with Crippen LogP contribution >= 0.6 is 0 Å². The highest BCUT2D eigenvalue weighted by Gasteiger charge is 2.26. The Balaban J connectivity index is 1.25. The van der Waals surface area contributed by atoms with Crippen LogP contribution in [0.5, 0.6) is 11.5 Å². The van der Waals surface area contributed by atoms with E-state index in [-0.39, 0.29) is 0 Å². The Bertz CT molecular complexity index is 2510. The molecular weight excluding hydrogens is 679 g/mol. The maximum absolute atomic E-state index is 6.48. The van der Waals surface area contributed by atoms with E-state index in [1.54, 1.807) is 0 Å². The molecular formula is C54H37NO. The fourth-order valence-corrected chi connectivity index (χ4v) is 7.83. The summed E-state index contributed by atoms with van der Waals surface area (Å²) in [5, 5.41) is 0. The van der Waals surface area contributed by atoms with E-state index in [1.807, 2.05) is 24.3 Å². The first kappa shape index (κ1) is 33.2. The molecule has 1 aliphatic rings. The van der Waals surface area contributed by atoms with Crippen molar-refractivity contribution in [2.75, 3.05) is 4.90 Å². The molecule has 1 heterocycles. The van der Waals surface area contributed by atoms with E-state index in [1.165, 1.54) is 44.5 Å². The highest BCUT2D eigenvalue weighted by molar-refractivity contribution is 5.92. The summed E-state index contributed by atoms with van der Waals surface area (Å²) >= 11 is 0. The quantitative estimate of drug-likeness (QED) is 0.163. The number of fused-ring (bicyclic) bond motifs is 2. The van der Waals surface area contributed by atoms with E-state index in [0.29, 0.717) is 0 Å². The second kappa shape index (κ2) is 14.4. The molecule has 56 heavy (non-hydrogen) atoms. The van der Waals surface area contributed by atoms with Gasteiger partial charge in [-0.3, -0.25) is 0 Å². The summed E-state index contributed by atoms with van der Waals surface area (Å²) < 4.78 is 6.48. The molecule has 0 unspecified atom stereocenters. The first-order chi connectivity index (χ1) is 27.7. The Labute approximate surface area is 328 Å². The highest BCUT2D eigenvalue weighted by Crippen LogP contribution is 2.51. The van der Waals surface area contributed by atoms with Gasteiger partial charge in [0.15, 0.2) is 11.5 Å². The second-order valence-electron chi connectivity index (χ2n) is 14.2. The van der Waals surface area contributed by atoms with Crippen molar-refractivity contribution in [1.29, 1.82) is 0 Å². The third-order valence-corrected chi connectivity index (χ3v) is 10.6. The van der Waals surface area contributed by atoms with Gasteiger partial charge < -0.3 is 9.64 Å². The number of ether oxygens (including phenoxy) is 1. The maximum Gasteiger partial charge on any atom is 0.151 e. The maximum atomic E-state index is 6.48. The number of hydrogen-bond donors (Lipinski definition) is 0. The number of benzene rings is 9. The van der Waals surface area contributed by atoms with Crippen LogP contribution in [0.15, 0.2) is 224 Å². The van der Waals surface area contributed by atoms with Crippen molar-refractivity contribution in [2.45, 2.75) is 0 Å². The van der Waals surface area contributed by atoms with Gasteiger partial charge in [-0.15, -0.1) is 0 Å². The lowest BCUT2D eigenvalue weighted by Crippen LogP contribution is -2.15. The van der Waals surface area contributed by atoms with Crippen LogP contribution in [-0.2, 0) is 0 Å². The van der Waals surface area contributed by atoms with Gasteiger partial charge in [-0.2, -0.15) is 0 Å². The number of hydrogen-bond acceptors (Lipinski definition) is 2. The molecule has 9 aromatic carbocycles. The Hall–Kier alpha value is -7.42. The van der Waals surface area contributed by atoms with Gasteiger partial charge in [0.1, 0.15) is 0 Å². The molecule has 2 heteroatoms. The van der Waals surface area contributed by atoms with E-state index >= 15 is 0 Å². The molecule has 0 aliphatic carbocycles. The standard InChI is InChI=1S/C54H37NO/c1-5-17-38(18-6-1)42-29-43(39-19-7-2-8-20-39)32-46(31-42)48-35-49(37-50(36-48)55-51-25-13-15-27-53(51)56-54-28-16-14-26-52(54)55)47-33-44(40-21-9-3-10-22-40)30-45(34-47)41-23-11-4-12-24-41/h1-37H. The number of para-hydroxylation sites is 4. The summed E-state index contributed by atoms with van der Waals surface area (Å²) in [6.45, 7) is 0. The van der Waals surface area contributed by atoms with Crippen LogP contribution < -0.4 is 9.64 Å². The topological polar surface area (TPSA) is 12.5 Å². The second-order valence-corrected chi connectivity index (χ2v) is 14.2. The van der Waals surface area contributed by atoms with Crippen molar-refractivity contribution >= 4 is 17.1 Å². The normalized spacial score (nSPS) is 11.7. The summed E-state index contributed by atoms with van der Waals surface area (Å²) in [4.78, 5) is 2.35. The summed E-state index contributed by atoms with van der Waals surface area (Å²) in [7, 11) is 0. The van der Waals surface area contributed by atoms with Gasteiger partial charge in [-0.25, -0.2) is 0 Å². The molecule has 1 aliphatic heterocycles. The van der Waals surface area contributed by atoms with Crippen LogP contribution in [0.1, 0.15) is 0 Å². The van der Waals surface area contributed by atoms with E-state index < -0.39 is 0 Å². The van der Waals surface area contributed by atoms with Crippen LogP contribution in [-0.4, -0.2) is 0 Å². The predicted octanol–water partition coefficient (Wildman–Crippen LogP) is 15.3. The Morgan fingerprint density at radius 1 is 0.232 bits per heavy atom. The van der Waals surface area contributed by atoms with Crippen molar-refractivity contribution in [3.8, 4) is 78.3 Å². The van der Waals surface area contributed by atoms with E-state index in [9.17, 15) is 0 Å². The fourth-order valence-electron chi connectivity index (χ4n) is 7.83. The Morgan fingerprint density at radius 3 is 0.804 bits per heavy atom. The molecule has 264 valence electrons. The van der Waals surface area contributed by atoms with Crippen LogP contribution in [0.25, 0.3) is 66.8 Å². The van der Waals surface area contributed by atoms with Crippen LogP contribution in [0.4, 0.5) is 17.1 Å². The van der Waals surface area contributed by atoms with Crippen molar-refractivity contribution in [1.82, 2.24) is 0 Å². The Kier molecular flexibility index (Phi) is 8.55. The molecule has 0 fully saturated rings. The molecule has 0 amide bonds. The van der Waals surface area contributed by atoms with Gasteiger partial charge in [-0.05, 0) is 146 Å². The summed E-state index contributed by atoms with van der Waals surface area (Å²) in [6.07, 6.45) is 0. The average Bonchev–Trinajstić information content (AvgIpc) is 3.29. The zero-order valence-corrected chi connectivity index (χ0v) is 30.7. The minimum Gasteiger partial charge on any atom is -0.453 e. The average molecular weight is 716 g/mol. The molecule has 0 atom stereocenters. The minimum absolute atomic E-state index is 0.827. The molecule has 10 rings (SSSR count). The summed E-state index contributed by atoms with van der Waals surface area (Å²) in [5.74, 6) is 1.65. The van der Waals surface area contributed by atoms with Gasteiger partial charge in [0.05, 0.1) is 11.4 Å². The van der Waals surface area contributed by atoms with Gasteiger partial charge in [0.25, 0.3) is 0 Å². The molecule has 2 nitrogen and oxygen atoms in total. The molecule has 0 saturated heterocycles. The lowest BCUT2D eigenvalue weighted by Gasteiger charge is -2.33. The lowest BCUT2D eigenvalue weighted by molar-refractivity contribution is 0.477. The monoisotopic (exact) mass is 715 g/mol. The summed E-state index contributed by atoms with van der Waals surface area (Å²) in [5.41, 5.74) is 17.0. The zero-order chi connectivity index (χ0) is 37.3. The third kappa shape index (κ3) is 6.44. The zero-order valence-electron chi connectivity index (χ0n) is 30.7. The van der Waals surface area contributed by atoms with Crippen LogP contribution in [0.2, 0.25) is 0 Å². The van der Waals surface area contributed by atoms with E-state index in [4.69, 9.17) is 4.74 Å². The summed E-state index contributed by atoms with van der Waals surface area (Å²) in [6, 6.07) is 80.3. The predicted molar refractivity (Wildman–Crippen MR) is 234 cm³/mol. The van der Waals surface area contributed by atoms with Crippen LogP contribution in [0, 0.1) is 0 Å². The molecule has 9 aromatic rings. The van der Waals surface area contributed by atoms with Crippen LogP contribution in [0.3, 0.4) is 0 Å². The largest absolute Gasteiger partial charge is 0.453 e. The number of nitrogens with zero attached hydrogens (tertiary/aromatic N) is 1. The first-order valence-electron chi connectivity index (χ1n) is 19.1. The van der Waals surface area contributed by atoms with Crippen molar-refractivity contribution < 1.29 is 4.74 Å².